The second-order valence-electron chi connectivity index (χ2n) is 5.88. The maximum Gasteiger partial charge on any atom is 0.265 e. The molecule has 0 spiro atoms. The van der Waals surface area contributed by atoms with Crippen molar-refractivity contribution in [2.45, 2.75) is 11.8 Å². The SMILES string of the molecule is COc1ccc(-c2nn(C)nc2N(C)S(=O)(=O)c2ccc(C)cc2)cc1. The lowest BCUT2D eigenvalue weighted by molar-refractivity contribution is 0.415. The normalized spacial score (nSPS) is 11.4. The molecule has 0 amide bonds. The van der Waals surface area contributed by atoms with Crippen molar-refractivity contribution in [1.29, 1.82) is 0 Å². The average molecular weight is 372 g/mol. The van der Waals surface area contributed by atoms with Gasteiger partial charge in [-0.15, -0.1) is 5.10 Å². The minimum atomic E-state index is -3.75. The standard InChI is InChI=1S/C18H20N4O3S/c1-13-5-11-16(12-6-13)26(23,24)21(2)18-17(19-22(3)20-18)14-7-9-15(25-4)10-8-14/h5-12H,1-4H3. The fourth-order valence-electron chi connectivity index (χ4n) is 2.53. The summed E-state index contributed by atoms with van der Waals surface area (Å²) in [6.07, 6.45) is 0. The minimum Gasteiger partial charge on any atom is -0.497 e. The maximum atomic E-state index is 13.0. The molecule has 0 radical (unpaired) electrons. The zero-order valence-electron chi connectivity index (χ0n) is 15.0. The number of hydrogen-bond donors (Lipinski definition) is 0. The van der Waals surface area contributed by atoms with Crippen molar-refractivity contribution in [2.24, 2.45) is 7.05 Å². The number of ether oxygens (including phenoxy) is 1. The molecule has 0 aliphatic carbocycles. The van der Waals surface area contributed by atoms with Gasteiger partial charge in [0, 0.05) is 19.7 Å². The zero-order valence-corrected chi connectivity index (χ0v) is 15.9. The molecule has 136 valence electrons. The summed E-state index contributed by atoms with van der Waals surface area (Å²) in [5.41, 5.74) is 2.22. The van der Waals surface area contributed by atoms with Crippen LogP contribution in [0, 0.1) is 6.92 Å². The van der Waals surface area contributed by atoms with Crippen LogP contribution >= 0.6 is 0 Å². The van der Waals surface area contributed by atoms with Crippen LogP contribution in [-0.2, 0) is 17.1 Å². The third-order valence-electron chi connectivity index (χ3n) is 4.04. The van der Waals surface area contributed by atoms with Crippen molar-refractivity contribution in [3.8, 4) is 17.0 Å². The predicted molar refractivity (Wildman–Crippen MR) is 99.8 cm³/mol. The molecule has 3 aromatic rings. The van der Waals surface area contributed by atoms with Gasteiger partial charge in [0.2, 0.25) is 0 Å². The van der Waals surface area contributed by atoms with E-state index in [2.05, 4.69) is 10.2 Å². The van der Waals surface area contributed by atoms with Crippen molar-refractivity contribution in [1.82, 2.24) is 15.0 Å². The summed E-state index contributed by atoms with van der Waals surface area (Å²) in [7, 11) is 0.976. The maximum absolute atomic E-state index is 13.0. The molecule has 0 unspecified atom stereocenters. The van der Waals surface area contributed by atoms with Crippen LogP contribution in [-0.4, -0.2) is 37.6 Å². The van der Waals surface area contributed by atoms with Gasteiger partial charge in [0.25, 0.3) is 10.0 Å². The van der Waals surface area contributed by atoms with E-state index >= 15 is 0 Å². The number of benzene rings is 2. The smallest absolute Gasteiger partial charge is 0.265 e. The van der Waals surface area contributed by atoms with Gasteiger partial charge >= 0.3 is 0 Å². The van der Waals surface area contributed by atoms with Crippen molar-refractivity contribution < 1.29 is 13.2 Å². The zero-order chi connectivity index (χ0) is 18.9. The summed E-state index contributed by atoms with van der Waals surface area (Å²) < 4.78 is 32.3. The number of sulfonamides is 1. The molecule has 3 rings (SSSR count). The van der Waals surface area contributed by atoms with Gasteiger partial charge in [-0.3, -0.25) is 0 Å². The first-order chi connectivity index (χ1) is 12.3. The van der Waals surface area contributed by atoms with Gasteiger partial charge in [-0.2, -0.15) is 9.90 Å². The van der Waals surface area contributed by atoms with Crippen molar-refractivity contribution in [2.75, 3.05) is 18.5 Å². The second-order valence-corrected chi connectivity index (χ2v) is 7.85. The van der Waals surface area contributed by atoms with E-state index in [4.69, 9.17) is 4.74 Å². The molecule has 0 saturated carbocycles. The lowest BCUT2D eigenvalue weighted by Gasteiger charge is -2.18. The number of methoxy groups -OCH3 is 1. The van der Waals surface area contributed by atoms with Crippen molar-refractivity contribution >= 4 is 15.8 Å². The lowest BCUT2D eigenvalue weighted by atomic mass is 10.1. The molecular formula is C18H20N4O3S. The van der Waals surface area contributed by atoms with Gasteiger partial charge in [0.1, 0.15) is 11.4 Å². The van der Waals surface area contributed by atoms with Gasteiger partial charge in [-0.05, 0) is 43.3 Å². The Bertz CT molecular complexity index is 1010. The van der Waals surface area contributed by atoms with E-state index in [1.807, 2.05) is 19.1 Å². The number of rotatable bonds is 5. The first-order valence-electron chi connectivity index (χ1n) is 7.94. The van der Waals surface area contributed by atoms with Crippen LogP contribution in [0.3, 0.4) is 0 Å². The summed E-state index contributed by atoms with van der Waals surface area (Å²) in [5.74, 6) is 0.970. The van der Waals surface area contributed by atoms with Gasteiger partial charge in [0.05, 0.1) is 12.0 Å². The molecule has 1 aromatic heterocycles. The highest BCUT2D eigenvalue weighted by Gasteiger charge is 2.27. The molecule has 26 heavy (non-hydrogen) atoms. The van der Waals surface area contributed by atoms with E-state index in [1.54, 1.807) is 50.6 Å². The molecule has 0 fully saturated rings. The number of aromatic nitrogens is 3. The summed E-state index contributed by atoms with van der Waals surface area (Å²) >= 11 is 0. The van der Waals surface area contributed by atoms with E-state index < -0.39 is 10.0 Å². The number of hydrogen-bond acceptors (Lipinski definition) is 5. The molecule has 0 N–H and O–H groups in total. The van der Waals surface area contributed by atoms with Crippen molar-refractivity contribution in [3.63, 3.8) is 0 Å². The van der Waals surface area contributed by atoms with Crippen LogP contribution in [0.5, 0.6) is 5.75 Å². The Balaban J connectivity index is 2.04. The quantitative estimate of drug-likeness (QED) is 0.688. The fourth-order valence-corrected chi connectivity index (χ4v) is 3.67. The molecule has 7 nitrogen and oxygen atoms in total. The summed E-state index contributed by atoms with van der Waals surface area (Å²) in [6, 6.07) is 13.9. The number of nitrogens with zero attached hydrogens (tertiary/aromatic N) is 4. The van der Waals surface area contributed by atoms with Crippen LogP contribution in [0.15, 0.2) is 53.4 Å². The van der Waals surface area contributed by atoms with E-state index in [0.29, 0.717) is 11.4 Å². The highest BCUT2D eigenvalue weighted by atomic mass is 32.2. The molecule has 1 heterocycles. The molecule has 0 aliphatic heterocycles. The van der Waals surface area contributed by atoms with Crippen LogP contribution in [0.25, 0.3) is 11.3 Å². The molecule has 8 heteroatoms. The van der Waals surface area contributed by atoms with Gasteiger partial charge in [-0.25, -0.2) is 12.7 Å². The van der Waals surface area contributed by atoms with E-state index in [-0.39, 0.29) is 10.7 Å². The lowest BCUT2D eigenvalue weighted by Crippen LogP contribution is -2.27. The van der Waals surface area contributed by atoms with Gasteiger partial charge in [0.15, 0.2) is 5.82 Å². The van der Waals surface area contributed by atoms with Gasteiger partial charge in [-0.1, -0.05) is 17.7 Å². The third kappa shape index (κ3) is 3.28. The Labute approximate surface area is 152 Å². The fraction of sp³-hybridized carbons (Fsp3) is 0.222. The number of aryl methyl sites for hydroxylation is 2. The summed E-state index contributed by atoms with van der Waals surface area (Å²) in [6.45, 7) is 1.91. The third-order valence-corrected chi connectivity index (χ3v) is 5.80. The van der Waals surface area contributed by atoms with Gasteiger partial charge < -0.3 is 4.74 Å². The topological polar surface area (TPSA) is 77.3 Å². The second kappa shape index (κ2) is 6.80. The summed E-state index contributed by atoms with van der Waals surface area (Å²) in [4.78, 5) is 1.56. The Morgan fingerprint density at radius 3 is 2.19 bits per heavy atom. The highest BCUT2D eigenvalue weighted by Crippen LogP contribution is 2.31. The molecule has 0 atom stereocenters. The van der Waals surface area contributed by atoms with E-state index in [1.165, 1.54) is 11.8 Å². The molecular weight excluding hydrogens is 352 g/mol. The summed E-state index contributed by atoms with van der Waals surface area (Å²) in [5, 5.41) is 8.60. The van der Waals surface area contributed by atoms with Crippen LogP contribution < -0.4 is 9.04 Å². The number of anilines is 1. The van der Waals surface area contributed by atoms with E-state index in [0.717, 1.165) is 15.4 Å². The van der Waals surface area contributed by atoms with E-state index in [9.17, 15) is 8.42 Å². The predicted octanol–water partition coefficient (Wildman–Crippen LogP) is 2.62. The Morgan fingerprint density at radius 1 is 1.00 bits per heavy atom. The van der Waals surface area contributed by atoms with Crippen LogP contribution in [0.4, 0.5) is 5.82 Å². The Morgan fingerprint density at radius 2 is 1.62 bits per heavy atom. The van der Waals surface area contributed by atoms with Crippen LogP contribution in [0.2, 0.25) is 0 Å². The van der Waals surface area contributed by atoms with Crippen LogP contribution in [0.1, 0.15) is 5.56 Å². The first kappa shape index (κ1) is 17.9. The molecule has 0 saturated heterocycles. The Kier molecular flexibility index (Phi) is 4.69. The minimum absolute atomic E-state index is 0.205. The highest BCUT2D eigenvalue weighted by molar-refractivity contribution is 7.92. The molecule has 0 aliphatic rings. The average Bonchev–Trinajstić information content (AvgIpc) is 3.03. The molecule has 0 bridgehead atoms. The van der Waals surface area contributed by atoms with Crippen molar-refractivity contribution in [3.05, 3.63) is 54.1 Å². The Hall–Kier alpha value is -2.87. The molecule has 2 aromatic carbocycles. The largest absolute Gasteiger partial charge is 0.497 e. The first-order valence-corrected chi connectivity index (χ1v) is 9.38. The monoisotopic (exact) mass is 372 g/mol.